The van der Waals surface area contributed by atoms with Crippen LogP contribution in [0.2, 0.25) is 0 Å². The highest BCUT2D eigenvalue weighted by Crippen LogP contribution is 2.19. The topological polar surface area (TPSA) is 59.6 Å². The Bertz CT molecular complexity index is 459. The summed E-state index contributed by atoms with van der Waals surface area (Å²) in [6.45, 7) is 3.42. The largest absolute Gasteiger partial charge is 0.493 e. The Morgan fingerprint density at radius 1 is 1.41 bits per heavy atom. The van der Waals surface area contributed by atoms with Crippen LogP contribution in [0, 0.1) is 5.92 Å². The first kappa shape index (κ1) is 16.8. The van der Waals surface area contributed by atoms with E-state index in [-0.39, 0.29) is 5.91 Å². The van der Waals surface area contributed by atoms with E-state index in [0.29, 0.717) is 25.6 Å². The molecule has 1 aliphatic rings. The Kier molecular flexibility index (Phi) is 7.19. The van der Waals surface area contributed by atoms with Crippen molar-refractivity contribution in [2.24, 2.45) is 5.92 Å². The van der Waals surface area contributed by atoms with Gasteiger partial charge in [-0.25, -0.2) is 0 Å². The van der Waals surface area contributed by atoms with Crippen LogP contribution >= 0.6 is 0 Å². The summed E-state index contributed by atoms with van der Waals surface area (Å²) < 4.78 is 10.6. The van der Waals surface area contributed by atoms with E-state index in [2.05, 4.69) is 10.6 Å². The number of hydrogen-bond acceptors (Lipinski definition) is 4. The summed E-state index contributed by atoms with van der Waals surface area (Å²) in [5, 5.41) is 6.27. The summed E-state index contributed by atoms with van der Waals surface area (Å²) in [6, 6.07) is 7.54. The van der Waals surface area contributed by atoms with E-state index in [1.54, 1.807) is 7.11 Å². The van der Waals surface area contributed by atoms with Gasteiger partial charge in [0.15, 0.2) is 0 Å². The minimum atomic E-state index is 0.0726. The molecular formula is C17H26N2O3. The molecule has 0 saturated carbocycles. The van der Waals surface area contributed by atoms with Crippen molar-refractivity contribution in [2.75, 3.05) is 38.7 Å². The molecule has 1 unspecified atom stereocenters. The predicted octanol–water partition coefficient (Wildman–Crippen LogP) is 2.43. The van der Waals surface area contributed by atoms with Gasteiger partial charge in [-0.05, 0) is 44.0 Å². The van der Waals surface area contributed by atoms with Crippen molar-refractivity contribution < 1.29 is 14.3 Å². The first-order chi connectivity index (χ1) is 10.8. The number of rotatable bonds is 9. The van der Waals surface area contributed by atoms with E-state index >= 15 is 0 Å². The van der Waals surface area contributed by atoms with Crippen LogP contribution in [-0.4, -0.2) is 39.3 Å². The molecular weight excluding hydrogens is 280 g/mol. The normalized spacial score (nSPS) is 17.4. The fraction of sp³-hybridized carbons (Fsp3) is 0.588. The monoisotopic (exact) mass is 306 g/mol. The van der Waals surface area contributed by atoms with E-state index in [1.807, 2.05) is 24.3 Å². The Morgan fingerprint density at radius 2 is 2.32 bits per heavy atom. The number of nitrogens with one attached hydrogen (secondary N) is 2. The molecule has 0 aliphatic carbocycles. The van der Waals surface area contributed by atoms with Crippen LogP contribution in [0.5, 0.6) is 5.75 Å². The van der Waals surface area contributed by atoms with Crippen molar-refractivity contribution in [3.63, 3.8) is 0 Å². The summed E-state index contributed by atoms with van der Waals surface area (Å²) in [5.41, 5.74) is 0.791. The summed E-state index contributed by atoms with van der Waals surface area (Å²) >= 11 is 0. The Labute approximate surface area is 132 Å². The van der Waals surface area contributed by atoms with Crippen molar-refractivity contribution in [2.45, 2.75) is 25.7 Å². The summed E-state index contributed by atoms with van der Waals surface area (Å²) in [6.07, 6.45) is 3.55. The number of methoxy groups -OCH3 is 1. The second-order valence-electron chi connectivity index (χ2n) is 5.67. The third kappa shape index (κ3) is 6.03. The lowest BCUT2D eigenvalue weighted by Crippen LogP contribution is -2.15. The van der Waals surface area contributed by atoms with Gasteiger partial charge in [0.05, 0.1) is 6.61 Å². The number of benzene rings is 1. The molecule has 1 saturated heterocycles. The lowest BCUT2D eigenvalue weighted by molar-refractivity contribution is -0.116. The van der Waals surface area contributed by atoms with Gasteiger partial charge < -0.3 is 20.1 Å². The van der Waals surface area contributed by atoms with Crippen molar-refractivity contribution in [1.82, 2.24) is 5.32 Å². The summed E-state index contributed by atoms with van der Waals surface area (Å²) in [7, 11) is 1.68. The van der Waals surface area contributed by atoms with Gasteiger partial charge in [-0.3, -0.25) is 4.79 Å². The standard InChI is InChI=1S/C17H26N2O3/c1-21-10-3-11-22-16-5-2-4-15(12-16)19-17(20)7-6-14-8-9-18-13-14/h2,4-5,12,14,18H,3,6-11,13H2,1H3,(H,19,20). The van der Waals surface area contributed by atoms with Gasteiger partial charge in [0.1, 0.15) is 5.75 Å². The molecule has 1 aliphatic heterocycles. The summed E-state index contributed by atoms with van der Waals surface area (Å²) in [5.74, 6) is 1.48. The number of anilines is 1. The van der Waals surface area contributed by atoms with Crippen LogP contribution in [0.3, 0.4) is 0 Å². The highest BCUT2D eigenvalue weighted by atomic mass is 16.5. The zero-order valence-corrected chi connectivity index (χ0v) is 13.3. The van der Waals surface area contributed by atoms with Crippen LogP contribution in [-0.2, 0) is 9.53 Å². The first-order valence-corrected chi connectivity index (χ1v) is 8.00. The van der Waals surface area contributed by atoms with E-state index in [9.17, 15) is 4.79 Å². The predicted molar refractivity (Wildman–Crippen MR) is 87.3 cm³/mol. The van der Waals surface area contributed by atoms with Gasteiger partial charge in [-0.2, -0.15) is 0 Å². The number of carbonyl (C=O) groups is 1. The molecule has 5 nitrogen and oxygen atoms in total. The number of carbonyl (C=O) groups excluding carboxylic acids is 1. The maximum atomic E-state index is 12.0. The Balaban J connectivity index is 1.72. The van der Waals surface area contributed by atoms with Crippen LogP contribution in [0.25, 0.3) is 0 Å². The molecule has 1 aromatic carbocycles. The van der Waals surface area contributed by atoms with Crippen LogP contribution in [0.4, 0.5) is 5.69 Å². The minimum Gasteiger partial charge on any atom is -0.493 e. The van der Waals surface area contributed by atoms with E-state index < -0.39 is 0 Å². The average molecular weight is 306 g/mol. The van der Waals surface area contributed by atoms with Crippen molar-refractivity contribution >= 4 is 11.6 Å². The molecule has 2 N–H and O–H groups in total. The number of hydrogen-bond donors (Lipinski definition) is 2. The highest BCUT2D eigenvalue weighted by Gasteiger charge is 2.15. The van der Waals surface area contributed by atoms with Gasteiger partial charge in [-0.15, -0.1) is 0 Å². The Morgan fingerprint density at radius 3 is 3.09 bits per heavy atom. The molecule has 1 aromatic rings. The lowest BCUT2D eigenvalue weighted by Gasteiger charge is -2.10. The maximum Gasteiger partial charge on any atom is 0.224 e. The molecule has 22 heavy (non-hydrogen) atoms. The molecule has 1 heterocycles. The minimum absolute atomic E-state index is 0.0726. The second kappa shape index (κ2) is 9.43. The molecule has 0 aromatic heterocycles. The van der Waals surface area contributed by atoms with Gasteiger partial charge in [0.2, 0.25) is 5.91 Å². The van der Waals surface area contributed by atoms with Crippen LogP contribution in [0.1, 0.15) is 25.7 Å². The molecule has 0 bridgehead atoms. The van der Waals surface area contributed by atoms with Gasteiger partial charge in [-0.1, -0.05) is 6.07 Å². The van der Waals surface area contributed by atoms with Crippen molar-refractivity contribution in [1.29, 1.82) is 0 Å². The van der Waals surface area contributed by atoms with Crippen LogP contribution in [0.15, 0.2) is 24.3 Å². The summed E-state index contributed by atoms with van der Waals surface area (Å²) in [4.78, 5) is 12.0. The third-order valence-electron chi connectivity index (χ3n) is 3.82. The van der Waals surface area contributed by atoms with Crippen LogP contribution < -0.4 is 15.4 Å². The molecule has 1 amide bonds. The van der Waals surface area contributed by atoms with E-state index in [1.165, 1.54) is 6.42 Å². The van der Waals surface area contributed by atoms with E-state index in [0.717, 1.165) is 37.4 Å². The third-order valence-corrected chi connectivity index (χ3v) is 3.82. The molecule has 5 heteroatoms. The number of ether oxygens (including phenoxy) is 2. The fourth-order valence-corrected chi connectivity index (χ4v) is 2.58. The SMILES string of the molecule is COCCCOc1cccc(NC(=O)CCC2CCNC2)c1. The maximum absolute atomic E-state index is 12.0. The fourth-order valence-electron chi connectivity index (χ4n) is 2.58. The number of amides is 1. The second-order valence-corrected chi connectivity index (χ2v) is 5.67. The van der Waals surface area contributed by atoms with Crippen molar-refractivity contribution in [3.05, 3.63) is 24.3 Å². The molecule has 122 valence electrons. The molecule has 1 atom stereocenters. The zero-order valence-electron chi connectivity index (χ0n) is 13.3. The first-order valence-electron chi connectivity index (χ1n) is 8.00. The van der Waals surface area contributed by atoms with Crippen molar-refractivity contribution in [3.8, 4) is 5.75 Å². The quantitative estimate of drug-likeness (QED) is 0.688. The van der Waals surface area contributed by atoms with Gasteiger partial charge in [0, 0.05) is 38.3 Å². The average Bonchev–Trinajstić information content (AvgIpc) is 3.03. The Hall–Kier alpha value is -1.59. The molecule has 1 fully saturated rings. The molecule has 0 radical (unpaired) electrons. The molecule has 2 rings (SSSR count). The smallest absolute Gasteiger partial charge is 0.224 e. The van der Waals surface area contributed by atoms with Gasteiger partial charge in [0.25, 0.3) is 0 Å². The van der Waals surface area contributed by atoms with Gasteiger partial charge >= 0.3 is 0 Å². The lowest BCUT2D eigenvalue weighted by atomic mass is 10.0. The zero-order chi connectivity index (χ0) is 15.6. The molecule has 0 spiro atoms. The van der Waals surface area contributed by atoms with E-state index in [4.69, 9.17) is 9.47 Å². The highest BCUT2D eigenvalue weighted by molar-refractivity contribution is 5.90.